The summed E-state index contributed by atoms with van der Waals surface area (Å²) in [6, 6.07) is 0. The molecular weight excluding hydrogens is 276 g/mol. The molecule has 0 aliphatic heterocycles. The highest BCUT2D eigenvalue weighted by Gasteiger charge is 2.50. The van der Waals surface area contributed by atoms with Crippen LogP contribution in [0.1, 0.15) is 85.0 Å². The Morgan fingerprint density at radius 1 is 0.762 bits per heavy atom. The Bertz CT molecular complexity index is 259. The van der Waals surface area contributed by atoms with E-state index in [1.807, 2.05) is 0 Å². The fraction of sp³-hybridized carbons (Fsp3) is 1.00. The molecule has 2 aliphatic carbocycles. The van der Waals surface area contributed by atoms with Crippen molar-refractivity contribution < 1.29 is 8.85 Å². The van der Waals surface area contributed by atoms with E-state index in [2.05, 4.69) is 20.8 Å². The van der Waals surface area contributed by atoms with E-state index in [1.165, 1.54) is 64.2 Å². The second-order valence-electron chi connectivity index (χ2n) is 7.28. The van der Waals surface area contributed by atoms with Gasteiger partial charge >= 0.3 is 9.28 Å². The van der Waals surface area contributed by atoms with Gasteiger partial charge in [-0.3, -0.25) is 0 Å². The van der Waals surface area contributed by atoms with Crippen LogP contribution in [-0.2, 0) is 8.85 Å². The smallest absolute Gasteiger partial charge is 0.328 e. The Morgan fingerprint density at radius 3 is 1.48 bits per heavy atom. The predicted octanol–water partition coefficient (Wildman–Crippen LogP) is 5.20. The third-order valence-corrected chi connectivity index (χ3v) is 9.34. The van der Waals surface area contributed by atoms with Crippen LogP contribution in [0.15, 0.2) is 0 Å². The minimum atomic E-state index is -1.61. The first kappa shape index (κ1) is 17.5. The lowest BCUT2D eigenvalue weighted by Gasteiger charge is -2.49. The van der Waals surface area contributed by atoms with E-state index in [0.29, 0.717) is 5.04 Å². The molecule has 0 aromatic carbocycles. The number of rotatable bonds is 7. The molecule has 0 radical (unpaired) electrons. The molecule has 0 atom stereocenters. The zero-order valence-electron chi connectivity index (χ0n) is 14.5. The van der Waals surface area contributed by atoms with Crippen LogP contribution in [0.25, 0.3) is 0 Å². The molecule has 21 heavy (non-hydrogen) atoms. The second kappa shape index (κ2) is 8.69. The summed E-state index contributed by atoms with van der Waals surface area (Å²) in [4.78, 5) is 0. The maximum atomic E-state index is 6.27. The van der Waals surface area contributed by atoms with Crippen LogP contribution in [0.5, 0.6) is 0 Å². The maximum absolute atomic E-state index is 6.27. The predicted molar refractivity (Wildman–Crippen MR) is 91.9 cm³/mol. The summed E-state index contributed by atoms with van der Waals surface area (Å²) in [6.45, 7) is 8.49. The topological polar surface area (TPSA) is 18.5 Å². The van der Waals surface area contributed by atoms with Gasteiger partial charge in [0.05, 0.1) is 0 Å². The van der Waals surface area contributed by atoms with Gasteiger partial charge < -0.3 is 8.85 Å². The van der Waals surface area contributed by atoms with Gasteiger partial charge in [-0.15, -0.1) is 0 Å². The largest absolute Gasteiger partial charge is 0.396 e. The van der Waals surface area contributed by atoms with Gasteiger partial charge in [-0.05, 0) is 25.7 Å². The molecular formula is C18H36O2Si. The first-order chi connectivity index (χ1) is 10.2. The minimum Gasteiger partial charge on any atom is -0.396 e. The van der Waals surface area contributed by atoms with Gasteiger partial charge in [-0.2, -0.15) is 0 Å². The van der Waals surface area contributed by atoms with Gasteiger partial charge in [0, 0.05) is 18.3 Å². The van der Waals surface area contributed by atoms with Crippen LogP contribution >= 0.6 is 0 Å². The molecule has 124 valence electrons. The molecule has 3 heteroatoms. The second-order valence-corrected chi connectivity index (χ2v) is 9.85. The van der Waals surface area contributed by atoms with Gasteiger partial charge in [0.15, 0.2) is 0 Å². The summed E-state index contributed by atoms with van der Waals surface area (Å²) in [7, 11) is -1.61. The number of hydrogen-bond acceptors (Lipinski definition) is 2. The fourth-order valence-corrected chi connectivity index (χ4v) is 7.73. The highest BCUT2D eigenvalue weighted by Crippen LogP contribution is 2.56. The summed E-state index contributed by atoms with van der Waals surface area (Å²) in [5, 5.41) is 0.354. The van der Waals surface area contributed by atoms with Crippen molar-refractivity contribution in [1.82, 2.24) is 0 Å². The highest BCUT2D eigenvalue weighted by molar-refractivity contribution is 6.48. The van der Waals surface area contributed by atoms with E-state index in [1.54, 1.807) is 0 Å². The van der Waals surface area contributed by atoms with Crippen molar-refractivity contribution in [3.8, 4) is 0 Å². The van der Waals surface area contributed by atoms with Crippen LogP contribution in [0.3, 0.4) is 0 Å². The number of hydrogen-bond donors (Lipinski definition) is 0. The molecule has 0 saturated heterocycles. The first-order valence-corrected chi connectivity index (χ1v) is 11.0. The zero-order chi connectivity index (χ0) is 15.1. The van der Waals surface area contributed by atoms with Crippen molar-refractivity contribution in [2.24, 2.45) is 11.8 Å². The SMILES string of the molecule is CCO[SiH](OCC)C(C)(C1CCCCC1)C1CCCCC1. The average molecular weight is 313 g/mol. The monoisotopic (exact) mass is 312 g/mol. The Hall–Kier alpha value is 0.137. The summed E-state index contributed by atoms with van der Waals surface area (Å²) >= 11 is 0. The summed E-state index contributed by atoms with van der Waals surface area (Å²) < 4.78 is 12.5. The molecule has 0 aromatic heterocycles. The summed E-state index contributed by atoms with van der Waals surface area (Å²) in [5.41, 5.74) is 0. The van der Waals surface area contributed by atoms with E-state index in [-0.39, 0.29) is 0 Å². The van der Waals surface area contributed by atoms with E-state index >= 15 is 0 Å². The Kier molecular flexibility index (Phi) is 7.23. The quantitative estimate of drug-likeness (QED) is 0.601. The van der Waals surface area contributed by atoms with E-state index in [4.69, 9.17) is 8.85 Å². The molecule has 2 fully saturated rings. The molecule has 0 unspecified atom stereocenters. The lowest BCUT2D eigenvalue weighted by molar-refractivity contribution is 0.100. The summed E-state index contributed by atoms with van der Waals surface area (Å²) in [6.07, 6.45) is 14.2. The third kappa shape index (κ3) is 4.11. The molecule has 2 aliphatic rings. The third-order valence-electron chi connectivity index (χ3n) is 6.11. The minimum absolute atomic E-state index is 0.354. The molecule has 0 N–H and O–H groups in total. The molecule has 0 bridgehead atoms. The standard InChI is InChI=1S/C18H36O2Si/c1-4-19-21(20-5-2)18(3,16-12-8-6-9-13-16)17-14-10-7-11-15-17/h16-17,21H,4-15H2,1-3H3. The van der Waals surface area contributed by atoms with Crippen molar-refractivity contribution in [1.29, 1.82) is 0 Å². The molecule has 2 nitrogen and oxygen atoms in total. The Morgan fingerprint density at radius 2 is 1.14 bits per heavy atom. The van der Waals surface area contributed by atoms with Crippen molar-refractivity contribution in [2.45, 2.75) is 90.0 Å². The van der Waals surface area contributed by atoms with Crippen LogP contribution in [0.2, 0.25) is 5.04 Å². The van der Waals surface area contributed by atoms with Crippen molar-refractivity contribution in [3.63, 3.8) is 0 Å². The maximum Gasteiger partial charge on any atom is 0.328 e. The molecule has 0 amide bonds. The van der Waals surface area contributed by atoms with Crippen molar-refractivity contribution in [3.05, 3.63) is 0 Å². The molecule has 0 spiro atoms. The lowest BCUT2D eigenvalue weighted by Crippen LogP contribution is -2.47. The van der Waals surface area contributed by atoms with Crippen molar-refractivity contribution in [2.75, 3.05) is 13.2 Å². The fourth-order valence-electron chi connectivity index (χ4n) is 4.88. The molecule has 0 aromatic rings. The van der Waals surface area contributed by atoms with Crippen LogP contribution in [0, 0.1) is 11.8 Å². The van der Waals surface area contributed by atoms with E-state index in [9.17, 15) is 0 Å². The normalized spacial score (nSPS) is 22.9. The van der Waals surface area contributed by atoms with Crippen LogP contribution in [0.4, 0.5) is 0 Å². The van der Waals surface area contributed by atoms with Crippen LogP contribution in [-0.4, -0.2) is 22.5 Å². The summed E-state index contributed by atoms with van der Waals surface area (Å²) in [5.74, 6) is 1.70. The van der Waals surface area contributed by atoms with E-state index < -0.39 is 9.28 Å². The Labute approximate surface area is 133 Å². The highest BCUT2D eigenvalue weighted by atomic mass is 28.3. The van der Waals surface area contributed by atoms with Crippen molar-refractivity contribution >= 4 is 9.28 Å². The zero-order valence-corrected chi connectivity index (χ0v) is 15.7. The lowest BCUT2D eigenvalue weighted by atomic mass is 9.69. The van der Waals surface area contributed by atoms with Gasteiger partial charge in [0.25, 0.3) is 0 Å². The average Bonchev–Trinajstić information content (AvgIpc) is 2.55. The molecule has 2 rings (SSSR count). The van der Waals surface area contributed by atoms with Gasteiger partial charge in [-0.25, -0.2) is 0 Å². The van der Waals surface area contributed by atoms with Gasteiger partial charge in [-0.1, -0.05) is 71.1 Å². The Balaban J connectivity index is 2.20. The van der Waals surface area contributed by atoms with Gasteiger partial charge in [0.2, 0.25) is 0 Å². The van der Waals surface area contributed by atoms with Crippen LogP contribution < -0.4 is 0 Å². The first-order valence-electron chi connectivity index (χ1n) is 9.46. The molecule has 0 heterocycles. The molecule has 2 saturated carbocycles. The van der Waals surface area contributed by atoms with Gasteiger partial charge in [0.1, 0.15) is 0 Å². The van der Waals surface area contributed by atoms with E-state index in [0.717, 1.165) is 25.0 Å².